The molecule has 9 heteroatoms. The van der Waals surface area contributed by atoms with E-state index in [2.05, 4.69) is 55.7 Å². The highest BCUT2D eigenvalue weighted by atomic mass is 15.1. The molecule has 4 aromatic heterocycles. The summed E-state index contributed by atoms with van der Waals surface area (Å²) in [5, 5.41) is 0. The number of hydrogen-bond donors (Lipinski definition) is 3. The highest BCUT2D eigenvalue weighted by Gasteiger charge is 2.22. The Hall–Kier alpha value is -3.10. The molecule has 9 nitrogen and oxygen atoms in total. The number of nitrogen functional groups attached to an aromatic ring is 1. The summed E-state index contributed by atoms with van der Waals surface area (Å²) < 4.78 is 0. The standard InChI is InChI=1S/C16H19N9/c1-16(2,3)12-11-14(21-7-19-11)24-9(23-12)5-4-8-10-13(20-6-18-10)25-15(17)22-8/h6-7H,4-5H2,1-3H3,(H,19,21,23,24)(H3,17,18,20,22,25). The summed E-state index contributed by atoms with van der Waals surface area (Å²) in [6.45, 7) is 6.37. The minimum absolute atomic E-state index is 0.113. The van der Waals surface area contributed by atoms with E-state index in [4.69, 9.17) is 10.7 Å². The first kappa shape index (κ1) is 15.4. The van der Waals surface area contributed by atoms with Crippen LogP contribution in [0.15, 0.2) is 12.7 Å². The number of aromatic nitrogens is 8. The summed E-state index contributed by atoms with van der Waals surface area (Å²) in [5.74, 6) is 0.947. The minimum atomic E-state index is -0.113. The monoisotopic (exact) mass is 337 g/mol. The number of aromatic amines is 2. The highest BCUT2D eigenvalue weighted by molar-refractivity contribution is 5.74. The molecule has 0 aliphatic heterocycles. The Morgan fingerprint density at radius 1 is 0.880 bits per heavy atom. The fourth-order valence-electron chi connectivity index (χ4n) is 2.86. The lowest BCUT2D eigenvalue weighted by atomic mass is 9.91. The van der Waals surface area contributed by atoms with E-state index in [1.54, 1.807) is 12.7 Å². The van der Waals surface area contributed by atoms with Crippen LogP contribution in [0.1, 0.15) is 38.0 Å². The third kappa shape index (κ3) is 2.77. The van der Waals surface area contributed by atoms with Crippen molar-refractivity contribution >= 4 is 28.3 Å². The van der Waals surface area contributed by atoms with Crippen molar-refractivity contribution in [2.75, 3.05) is 5.73 Å². The first-order chi connectivity index (χ1) is 11.9. The first-order valence-corrected chi connectivity index (χ1v) is 8.08. The number of nitrogens with one attached hydrogen (secondary N) is 2. The normalized spacial score (nSPS) is 12.3. The van der Waals surface area contributed by atoms with Crippen molar-refractivity contribution in [1.82, 2.24) is 39.9 Å². The zero-order chi connectivity index (χ0) is 17.6. The number of nitrogens with two attached hydrogens (primary N) is 1. The van der Waals surface area contributed by atoms with Crippen molar-refractivity contribution < 1.29 is 0 Å². The van der Waals surface area contributed by atoms with Gasteiger partial charge in [0.15, 0.2) is 11.3 Å². The second-order valence-corrected chi connectivity index (χ2v) is 6.97. The Labute approximate surface area is 143 Å². The lowest BCUT2D eigenvalue weighted by Crippen LogP contribution is -2.17. The molecule has 4 heterocycles. The van der Waals surface area contributed by atoms with Gasteiger partial charge in [0, 0.05) is 11.8 Å². The summed E-state index contributed by atoms with van der Waals surface area (Å²) in [6, 6.07) is 0. The average Bonchev–Trinajstić information content (AvgIpc) is 3.19. The third-order valence-electron chi connectivity index (χ3n) is 4.01. The van der Waals surface area contributed by atoms with Crippen LogP contribution in [0.25, 0.3) is 22.3 Å². The van der Waals surface area contributed by atoms with Crippen LogP contribution < -0.4 is 5.73 Å². The molecule has 0 aliphatic carbocycles. The van der Waals surface area contributed by atoms with E-state index >= 15 is 0 Å². The molecule has 0 saturated heterocycles. The highest BCUT2D eigenvalue weighted by Crippen LogP contribution is 2.26. The lowest BCUT2D eigenvalue weighted by molar-refractivity contribution is 0.568. The largest absolute Gasteiger partial charge is 0.368 e. The zero-order valence-corrected chi connectivity index (χ0v) is 14.3. The Kier molecular flexibility index (Phi) is 3.38. The molecule has 0 amide bonds. The molecule has 0 spiro atoms. The van der Waals surface area contributed by atoms with Crippen molar-refractivity contribution in [1.29, 1.82) is 0 Å². The molecule has 4 aromatic rings. The van der Waals surface area contributed by atoms with Crippen molar-refractivity contribution in [2.24, 2.45) is 0 Å². The van der Waals surface area contributed by atoms with E-state index in [0.717, 1.165) is 28.2 Å². The summed E-state index contributed by atoms with van der Waals surface area (Å²) in [5.41, 5.74) is 10.4. The molecule has 4 N–H and O–H groups in total. The quantitative estimate of drug-likeness (QED) is 0.517. The van der Waals surface area contributed by atoms with E-state index in [1.165, 1.54) is 0 Å². The molecule has 128 valence electrons. The van der Waals surface area contributed by atoms with Gasteiger partial charge in [-0.2, -0.15) is 4.98 Å². The van der Waals surface area contributed by atoms with Crippen LogP contribution in [0.5, 0.6) is 0 Å². The molecule has 0 saturated carbocycles. The van der Waals surface area contributed by atoms with Gasteiger partial charge in [0.1, 0.15) is 16.9 Å². The van der Waals surface area contributed by atoms with Gasteiger partial charge in [0.05, 0.1) is 24.0 Å². The van der Waals surface area contributed by atoms with Gasteiger partial charge in [-0.05, 0) is 6.42 Å². The molecular weight excluding hydrogens is 318 g/mol. The minimum Gasteiger partial charge on any atom is -0.368 e. The van der Waals surface area contributed by atoms with E-state index in [9.17, 15) is 0 Å². The van der Waals surface area contributed by atoms with Crippen molar-refractivity contribution in [3.05, 3.63) is 29.9 Å². The fraction of sp³-hybridized carbons (Fsp3) is 0.375. The van der Waals surface area contributed by atoms with Crippen LogP contribution >= 0.6 is 0 Å². The number of rotatable bonds is 3. The molecular formula is C16H19N9. The van der Waals surface area contributed by atoms with Gasteiger partial charge >= 0.3 is 0 Å². The molecule has 0 aromatic carbocycles. The van der Waals surface area contributed by atoms with Crippen LogP contribution in [0, 0.1) is 0 Å². The Morgan fingerprint density at radius 2 is 1.56 bits per heavy atom. The van der Waals surface area contributed by atoms with Gasteiger partial charge in [-0.15, -0.1) is 0 Å². The van der Waals surface area contributed by atoms with Crippen LogP contribution in [0.3, 0.4) is 0 Å². The van der Waals surface area contributed by atoms with Gasteiger partial charge < -0.3 is 15.7 Å². The Balaban J connectivity index is 1.70. The number of H-pyrrole nitrogens is 2. The van der Waals surface area contributed by atoms with Gasteiger partial charge in [0.2, 0.25) is 5.95 Å². The molecule has 0 aliphatic rings. The molecule has 0 unspecified atom stereocenters. The predicted molar refractivity (Wildman–Crippen MR) is 93.9 cm³/mol. The maximum Gasteiger partial charge on any atom is 0.222 e. The third-order valence-corrected chi connectivity index (χ3v) is 4.01. The average molecular weight is 337 g/mol. The number of nitrogens with zero attached hydrogens (tertiary/aromatic N) is 6. The van der Waals surface area contributed by atoms with Gasteiger partial charge in [-0.3, -0.25) is 0 Å². The van der Waals surface area contributed by atoms with Crippen molar-refractivity contribution in [3.8, 4) is 0 Å². The van der Waals surface area contributed by atoms with E-state index in [1.807, 2.05) is 0 Å². The zero-order valence-electron chi connectivity index (χ0n) is 14.3. The molecule has 25 heavy (non-hydrogen) atoms. The van der Waals surface area contributed by atoms with Gasteiger partial charge in [-0.1, -0.05) is 20.8 Å². The smallest absolute Gasteiger partial charge is 0.222 e. The number of aryl methyl sites for hydroxylation is 2. The Morgan fingerprint density at radius 3 is 2.28 bits per heavy atom. The maximum atomic E-state index is 5.77. The van der Waals surface area contributed by atoms with Crippen LogP contribution in [0.2, 0.25) is 0 Å². The van der Waals surface area contributed by atoms with E-state index in [0.29, 0.717) is 24.1 Å². The molecule has 0 fully saturated rings. The SMILES string of the molecule is CC(C)(C)c1nc(CCc2nc(N)nc3nc[nH]c23)nc2nc[nH]c12. The van der Waals surface area contributed by atoms with Crippen LogP contribution in [-0.2, 0) is 18.3 Å². The second kappa shape index (κ2) is 5.47. The predicted octanol–water partition coefficient (Wildman–Crippen LogP) is 1.68. The number of anilines is 1. The van der Waals surface area contributed by atoms with E-state index < -0.39 is 0 Å². The first-order valence-electron chi connectivity index (χ1n) is 8.08. The molecule has 0 bridgehead atoms. The van der Waals surface area contributed by atoms with E-state index in [-0.39, 0.29) is 11.4 Å². The number of fused-ring (bicyclic) bond motifs is 2. The fourth-order valence-corrected chi connectivity index (χ4v) is 2.86. The number of hydrogen-bond acceptors (Lipinski definition) is 7. The molecule has 4 rings (SSSR count). The maximum absolute atomic E-state index is 5.77. The Bertz CT molecular complexity index is 1050. The topological polar surface area (TPSA) is 135 Å². The van der Waals surface area contributed by atoms with Crippen molar-refractivity contribution in [3.63, 3.8) is 0 Å². The van der Waals surface area contributed by atoms with Gasteiger partial charge in [-0.25, -0.2) is 24.9 Å². The summed E-state index contributed by atoms with van der Waals surface area (Å²) >= 11 is 0. The van der Waals surface area contributed by atoms with Crippen LogP contribution in [-0.4, -0.2) is 39.9 Å². The summed E-state index contributed by atoms with van der Waals surface area (Å²) in [7, 11) is 0. The lowest BCUT2D eigenvalue weighted by Gasteiger charge is -2.18. The molecule has 0 radical (unpaired) electrons. The summed E-state index contributed by atoms with van der Waals surface area (Å²) in [6.07, 6.45) is 4.49. The molecule has 0 atom stereocenters. The van der Waals surface area contributed by atoms with Crippen molar-refractivity contribution in [2.45, 2.75) is 39.0 Å². The van der Waals surface area contributed by atoms with Gasteiger partial charge in [0.25, 0.3) is 0 Å². The van der Waals surface area contributed by atoms with Crippen LogP contribution in [0.4, 0.5) is 5.95 Å². The number of imidazole rings is 2. The second-order valence-electron chi connectivity index (χ2n) is 6.97. The summed E-state index contributed by atoms with van der Waals surface area (Å²) in [4.78, 5) is 32.4.